The molecule has 1 amide bonds. The van der Waals surface area contributed by atoms with Gasteiger partial charge in [-0.15, -0.1) is 0 Å². The van der Waals surface area contributed by atoms with E-state index in [1.54, 1.807) is 23.2 Å². The van der Waals surface area contributed by atoms with Gasteiger partial charge in [0.25, 0.3) is 0 Å². The second-order valence-corrected chi connectivity index (χ2v) is 6.99. The van der Waals surface area contributed by atoms with E-state index in [4.69, 9.17) is 0 Å². The van der Waals surface area contributed by atoms with E-state index in [1.807, 2.05) is 60.4 Å². The van der Waals surface area contributed by atoms with Crippen molar-refractivity contribution in [2.45, 2.75) is 25.0 Å². The number of benzene rings is 2. The molecule has 1 aliphatic rings. The molecule has 2 unspecified atom stereocenters. The minimum atomic E-state index is -0.305. The van der Waals surface area contributed by atoms with Crippen LogP contribution in [0.2, 0.25) is 0 Å². The Morgan fingerprint density at radius 3 is 2.71 bits per heavy atom. The second-order valence-electron chi connectivity index (χ2n) is 6.99. The van der Waals surface area contributed by atoms with E-state index in [1.165, 1.54) is 0 Å². The summed E-state index contributed by atoms with van der Waals surface area (Å²) in [5, 5.41) is 13.7. The first-order valence-electron chi connectivity index (χ1n) is 9.24. The molecule has 4 rings (SSSR count). The molecule has 2 aromatic carbocycles. The zero-order chi connectivity index (χ0) is 19.5. The summed E-state index contributed by atoms with van der Waals surface area (Å²) in [6.45, 7) is 0.497. The quantitative estimate of drug-likeness (QED) is 0.635. The Morgan fingerprint density at radius 2 is 1.96 bits per heavy atom. The van der Waals surface area contributed by atoms with Crippen molar-refractivity contribution in [1.82, 2.24) is 25.5 Å². The molecule has 7 heteroatoms. The molecule has 1 aromatic heterocycles. The predicted octanol–water partition coefficient (Wildman–Crippen LogP) is 2.14. The fourth-order valence-electron chi connectivity index (χ4n) is 3.52. The topological polar surface area (TPSA) is 82.4 Å². The molecule has 0 radical (unpaired) electrons. The summed E-state index contributed by atoms with van der Waals surface area (Å²) in [5.41, 5.74) is 9.32. The highest BCUT2D eigenvalue weighted by atomic mass is 16.3. The number of nitrogens with zero attached hydrogens (tertiary/aromatic N) is 3. The highest BCUT2D eigenvalue weighted by molar-refractivity contribution is 5.82. The van der Waals surface area contributed by atoms with Crippen LogP contribution >= 0.6 is 0 Å². The van der Waals surface area contributed by atoms with E-state index in [0.29, 0.717) is 13.0 Å². The van der Waals surface area contributed by atoms with Gasteiger partial charge in [-0.1, -0.05) is 30.3 Å². The van der Waals surface area contributed by atoms with Gasteiger partial charge in [-0.25, -0.2) is 15.5 Å². The summed E-state index contributed by atoms with van der Waals surface area (Å²) in [6, 6.07) is 16.6. The molecule has 0 saturated carbocycles. The molecule has 0 spiro atoms. The first-order valence-corrected chi connectivity index (χ1v) is 9.24. The van der Waals surface area contributed by atoms with Crippen molar-refractivity contribution < 1.29 is 9.90 Å². The minimum Gasteiger partial charge on any atom is -0.508 e. The molecule has 0 bridgehead atoms. The number of hydrogen-bond acceptors (Lipinski definition) is 5. The summed E-state index contributed by atoms with van der Waals surface area (Å²) in [4.78, 5) is 14.7. The van der Waals surface area contributed by atoms with Crippen LogP contribution in [0.5, 0.6) is 5.75 Å². The van der Waals surface area contributed by atoms with Gasteiger partial charge in [0.15, 0.2) is 0 Å². The first-order chi connectivity index (χ1) is 13.6. The van der Waals surface area contributed by atoms with Gasteiger partial charge in [0.1, 0.15) is 11.8 Å². The van der Waals surface area contributed by atoms with Crippen LogP contribution in [0.15, 0.2) is 67.0 Å². The Bertz CT molecular complexity index is 940. The van der Waals surface area contributed by atoms with Gasteiger partial charge < -0.3 is 10.0 Å². The number of amides is 1. The monoisotopic (exact) mass is 377 g/mol. The van der Waals surface area contributed by atoms with E-state index in [-0.39, 0.29) is 23.7 Å². The summed E-state index contributed by atoms with van der Waals surface area (Å²) >= 11 is 0. The number of hydrogen-bond donors (Lipinski definition) is 3. The highest BCUT2D eigenvalue weighted by Crippen LogP contribution is 2.25. The summed E-state index contributed by atoms with van der Waals surface area (Å²) in [5.74, 6) is 0.266. The summed E-state index contributed by atoms with van der Waals surface area (Å²) in [7, 11) is 1.82. The zero-order valence-corrected chi connectivity index (χ0v) is 15.6. The van der Waals surface area contributed by atoms with Crippen molar-refractivity contribution in [3.05, 3.63) is 78.1 Å². The minimum absolute atomic E-state index is 0.0271. The number of aromatic hydroxyl groups is 1. The lowest BCUT2D eigenvalue weighted by Gasteiger charge is -2.22. The van der Waals surface area contributed by atoms with Gasteiger partial charge in [0, 0.05) is 32.0 Å². The smallest absolute Gasteiger partial charge is 0.241 e. The SMILES string of the molecule is CN(Cc1ccccc1-n1cccn1)C(=O)C1CC(c2ccc(O)cc2)NN1. The largest absolute Gasteiger partial charge is 0.508 e. The van der Waals surface area contributed by atoms with Crippen LogP contribution in [0.1, 0.15) is 23.6 Å². The molecule has 2 heterocycles. The Kier molecular flexibility index (Phi) is 5.10. The molecular weight excluding hydrogens is 354 g/mol. The van der Waals surface area contributed by atoms with E-state index in [9.17, 15) is 9.90 Å². The third kappa shape index (κ3) is 3.76. The van der Waals surface area contributed by atoms with E-state index in [0.717, 1.165) is 16.8 Å². The van der Waals surface area contributed by atoms with Gasteiger partial charge in [-0.3, -0.25) is 4.79 Å². The summed E-state index contributed by atoms with van der Waals surface area (Å²) < 4.78 is 1.81. The van der Waals surface area contributed by atoms with Crippen molar-refractivity contribution in [3.8, 4) is 11.4 Å². The van der Waals surface area contributed by atoms with Crippen molar-refractivity contribution in [2.75, 3.05) is 7.05 Å². The third-order valence-electron chi connectivity index (χ3n) is 5.02. The summed E-state index contributed by atoms with van der Waals surface area (Å²) in [6.07, 6.45) is 4.28. The Hall–Kier alpha value is -3.16. The highest BCUT2D eigenvalue weighted by Gasteiger charge is 2.32. The molecule has 144 valence electrons. The predicted molar refractivity (Wildman–Crippen MR) is 106 cm³/mol. The maximum atomic E-state index is 12.9. The van der Waals surface area contributed by atoms with Crippen LogP contribution in [0.4, 0.5) is 0 Å². The van der Waals surface area contributed by atoms with Gasteiger partial charge >= 0.3 is 0 Å². The molecular formula is C21H23N5O2. The zero-order valence-electron chi connectivity index (χ0n) is 15.6. The van der Waals surface area contributed by atoms with E-state index >= 15 is 0 Å². The number of rotatable bonds is 5. The lowest BCUT2D eigenvalue weighted by molar-refractivity contribution is -0.132. The van der Waals surface area contributed by atoms with E-state index < -0.39 is 0 Å². The number of phenols is 1. The fourth-order valence-corrected chi connectivity index (χ4v) is 3.52. The number of aromatic nitrogens is 2. The van der Waals surface area contributed by atoms with Crippen molar-refractivity contribution in [2.24, 2.45) is 0 Å². The molecule has 7 nitrogen and oxygen atoms in total. The van der Waals surface area contributed by atoms with Gasteiger partial charge in [0.2, 0.25) is 5.91 Å². The number of carbonyl (C=O) groups excluding carboxylic acids is 1. The van der Waals surface area contributed by atoms with Gasteiger partial charge in [0.05, 0.1) is 5.69 Å². The number of para-hydroxylation sites is 1. The second kappa shape index (κ2) is 7.84. The fraction of sp³-hybridized carbons (Fsp3) is 0.238. The molecule has 3 N–H and O–H groups in total. The van der Waals surface area contributed by atoms with Crippen molar-refractivity contribution >= 4 is 5.91 Å². The average molecular weight is 377 g/mol. The number of likely N-dealkylation sites (N-methyl/N-ethyl adjacent to an activating group) is 1. The van der Waals surface area contributed by atoms with Crippen molar-refractivity contribution in [3.63, 3.8) is 0 Å². The Morgan fingerprint density at radius 1 is 1.18 bits per heavy atom. The molecule has 3 aromatic rings. The Balaban J connectivity index is 1.43. The number of carbonyl (C=O) groups is 1. The number of hydrazine groups is 1. The van der Waals surface area contributed by atoms with Gasteiger partial charge in [-0.2, -0.15) is 5.10 Å². The molecule has 2 atom stereocenters. The van der Waals surface area contributed by atoms with Crippen LogP contribution in [0.3, 0.4) is 0 Å². The van der Waals surface area contributed by atoms with Gasteiger partial charge in [-0.05, 0) is 41.8 Å². The average Bonchev–Trinajstić information content (AvgIpc) is 3.41. The van der Waals surface area contributed by atoms with Crippen LogP contribution in [0.25, 0.3) is 5.69 Å². The lowest BCUT2D eigenvalue weighted by atomic mass is 10.0. The maximum absolute atomic E-state index is 12.9. The standard InChI is InChI=1S/C21H23N5O2/c1-25(14-16-5-2-3-6-20(16)26-12-4-11-22-26)21(28)19-13-18(23-24-19)15-7-9-17(27)10-8-15/h2-12,18-19,23-24,27H,13-14H2,1H3. The van der Waals surface area contributed by atoms with Crippen molar-refractivity contribution in [1.29, 1.82) is 0 Å². The van der Waals surface area contributed by atoms with Crippen LogP contribution < -0.4 is 10.9 Å². The number of phenolic OH excluding ortho intramolecular Hbond substituents is 1. The van der Waals surface area contributed by atoms with Crippen LogP contribution in [-0.2, 0) is 11.3 Å². The first kappa shape index (κ1) is 18.2. The van der Waals surface area contributed by atoms with E-state index in [2.05, 4.69) is 16.0 Å². The molecule has 1 aliphatic heterocycles. The lowest BCUT2D eigenvalue weighted by Crippen LogP contribution is -2.43. The third-order valence-corrected chi connectivity index (χ3v) is 5.02. The Labute approximate surface area is 163 Å². The normalized spacial score (nSPS) is 18.9. The molecule has 1 fully saturated rings. The molecule has 0 aliphatic carbocycles. The molecule has 28 heavy (non-hydrogen) atoms. The van der Waals surface area contributed by atoms with Crippen LogP contribution in [-0.4, -0.2) is 38.8 Å². The molecule has 1 saturated heterocycles. The van der Waals surface area contributed by atoms with Crippen LogP contribution in [0, 0.1) is 0 Å². The maximum Gasteiger partial charge on any atom is 0.241 e. The number of nitrogens with one attached hydrogen (secondary N) is 2.